The van der Waals surface area contributed by atoms with Gasteiger partial charge in [0.15, 0.2) is 24.8 Å². The monoisotopic (exact) mass is 694 g/mol. The molecule has 272 valence electrons. The molecular formula is C34H46O15. The molecule has 15 nitrogen and oxygen atoms in total. The van der Waals surface area contributed by atoms with Crippen LogP contribution in [0, 0.1) is 0 Å². The van der Waals surface area contributed by atoms with Crippen molar-refractivity contribution in [3.05, 3.63) is 65.7 Å². The SMILES string of the molecule is CC(C)O[C@@H]1OC(C(=O)OCc2ccccc2)[C@@H](OCCO[C@@H]2OC(C(=O)OCc3ccc(O)cc3)[C@@H](OC(C)C)[C@H](O)[C@@H]2O)[C@H](O)[C@@H]1O. The first-order valence-electron chi connectivity index (χ1n) is 16.1. The summed E-state index contributed by atoms with van der Waals surface area (Å²) in [5.41, 5.74) is 1.29. The van der Waals surface area contributed by atoms with Gasteiger partial charge in [-0.15, -0.1) is 0 Å². The highest BCUT2D eigenvalue weighted by Crippen LogP contribution is 2.29. The zero-order chi connectivity index (χ0) is 35.7. The highest BCUT2D eigenvalue weighted by Gasteiger charge is 2.51. The van der Waals surface area contributed by atoms with Gasteiger partial charge in [-0.1, -0.05) is 42.5 Å². The van der Waals surface area contributed by atoms with Crippen LogP contribution in [0.3, 0.4) is 0 Å². The smallest absolute Gasteiger partial charge is 0.338 e. The van der Waals surface area contributed by atoms with Crippen molar-refractivity contribution in [2.45, 2.75) is 115 Å². The quantitative estimate of drug-likeness (QED) is 0.128. The van der Waals surface area contributed by atoms with Gasteiger partial charge in [-0.25, -0.2) is 9.59 Å². The van der Waals surface area contributed by atoms with Crippen molar-refractivity contribution < 1.29 is 73.0 Å². The van der Waals surface area contributed by atoms with E-state index in [0.29, 0.717) is 11.1 Å². The summed E-state index contributed by atoms with van der Waals surface area (Å²) < 4.78 is 44.9. The molecule has 4 rings (SSSR count). The number of ether oxygens (including phenoxy) is 8. The lowest BCUT2D eigenvalue weighted by atomic mass is 9.98. The molecule has 49 heavy (non-hydrogen) atoms. The fourth-order valence-corrected chi connectivity index (χ4v) is 5.21. The molecule has 2 fully saturated rings. The molecule has 0 radical (unpaired) electrons. The van der Waals surface area contributed by atoms with Crippen molar-refractivity contribution in [1.82, 2.24) is 0 Å². The maximum atomic E-state index is 13.1. The topological polar surface area (TPSA) is 209 Å². The van der Waals surface area contributed by atoms with E-state index in [1.807, 2.05) is 6.07 Å². The van der Waals surface area contributed by atoms with Gasteiger partial charge in [0.1, 0.15) is 55.6 Å². The number of carbonyl (C=O) groups excluding carboxylic acids is 2. The van der Waals surface area contributed by atoms with Crippen LogP contribution in [0.15, 0.2) is 54.6 Å². The van der Waals surface area contributed by atoms with Gasteiger partial charge in [0, 0.05) is 0 Å². The zero-order valence-electron chi connectivity index (χ0n) is 27.8. The van der Waals surface area contributed by atoms with Gasteiger partial charge < -0.3 is 63.4 Å². The average molecular weight is 695 g/mol. The Kier molecular flexibility index (Phi) is 14.3. The van der Waals surface area contributed by atoms with Crippen molar-refractivity contribution in [1.29, 1.82) is 0 Å². The van der Waals surface area contributed by atoms with Crippen LogP contribution in [-0.2, 0) is 60.7 Å². The number of phenols is 1. The van der Waals surface area contributed by atoms with Gasteiger partial charge in [0.2, 0.25) is 0 Å². The number of benzene rings is 2. The van der Waals surface area contributed by atoms with Gasteiger partial charge in [0.05, 0.1) is 25.4 Å². The molecule has 2 aromatic rings. The molecule has 0 spiro atoms. The second-order valence-corrected chi connectivity index (χ2v) is 12.2. The van der Waals surface area contributed by atoms with Crippen molar-refractivity contribution >= 4 is 11.9 Å². The number of carbonyl (C=O) groups is 2. The lowest BCUT2D eigenvalue weighted by Crippen LogP contribution is -2.62. The van der Waals surface area contributed by atoms with Gasteiger partial charge in [-0.2, -0.15) is 0 Å². The third kappa shape index (κ3) is 10.6. The number of aliphatic hydroxyl groups excluding tert-OH is 4. The molecule has 0 bridgehead atoms. The fourth-order valence-electron chi connectivity index (χ4n) is 5.21. The van der Waals surface area contributed by atoms with Gasteiger partial charge >= 0.3 is 11.9 Å². The average Bonchev–Trinajstić information content (AvgIpc) is 3.07. The maximum Gasteiger partial charge on any atom is 0.338 e. The summed E-state index contributed by atoms with van der Waals surface area (Å²) >= 11 is 0. The molecule has 10 atom stereocenters. The predicted octanol–water partition coefficient (Wildman–Crippen LogP) is 0.693. The van der Waals surface area contributed by atoms with Crippen LogP contribution in [0.4, 0.5) is 0 Å². The van der Waals surface area contributed by atoms with Gasteiger partial charge in [-0.3, -0.25) is 0 Å². The lowest BCUT2D eigenvalue weighted by Gasteiger charge is -2.42. The van der Waals surface area contributed by atoms with E-state index in [9.17, 15) is 35.1 Å². The van der Waals surface area contributed by atoms with E-state index < -0.39 is 85.6 Å². The summed E-state index contributed by atoms with van der Waals surface area (Å²) in [6, 6.07) is 14.9. The molecule has 2 unspecified atom stereocenters. The molecule has 0 saturated carbocycles. The van der Waals surface area contributed by atoms with Crippen LogP contribution in [0.5, 0.6) is 5.75 Å². The van der Waals surface area contributed by atoms with E-state index in [2.05, 4.69) is 0 Å². The Labute approximate surface area is 284 Å². The molecule has 2 heterocycles. The normalized spacial score (nSPS) is 30.3. The highest BCUT2D eigenvalue weighted by atomic mass is 16.7. The van der Waals surface area contributed by atoms with Crippen LogP contribution in [0.2, 0.25) is 0 Å². The van der Waals surface area contributed by atoms with E-state index in [1.165, 1.54) is 12.1 Å². The minimum atomic E-state index is -1.65. The Bertz CT molecular complexity index is 1310. The summed E-state index contributed by atoms with van der Waals surface area (Å²) in [5, 5.41) is 52.8. The molecular weight excluding hydrogens is 648 g/mol. The van der Waals surface area contributed by atoms with Gasteiger partial charge in [0.25, 0.3) is 0 Å². The first-order valence-corrected chi connectivity index (χ1v) is 16.1. The Morgan fingerprint density at radius 2 is 1.12 bits per heavy atom. The first-order chi connectivity index (χ1) is 23.3. The van der Waals surface area contributed by atoms with Crippen LogP contribution in [-0.4, -0.2) is 124 Å². The third-order valence-corrected chi connectivity index (χ3v) is 7.61. The number of phenolic OH excluding ortho intramolecular Hbond substituents is 1. The third-order valence-electron chi connectivity index (χ3n) is 7.61. The van der Waals surface area contributed by atoms with Crippen LogP contribution in [0.25, 0.3) is 0 Å². The second-order valence-electron chi connectivity index (χ2n) is 12.2. The number of esters is 2. The molecule has 0 aliphatic carbocycles. The standard InChI is InChI=1S/C34H46O15/c1-18(2)46-28-24(37)25(38)33(48-30(28)32(41)45-17-21-10-12-22(35)13-11-21)43-15-14-42-27-23(36)26(39)34(47-19(3)4)49-29(27)31(40)44-16-20-8-6-5-7-9-20/h5-13,18-19,23-30,33-39H,14-17H2,1-4H3/t23-,24-,25+,26+,27+,28+,29?,30?,33-,34-/m1/s1. The van der Waals surface area contributed by atoms with Crippen molar-refractivity contribution in [2.24, 2.45) is 0 Å². The van der Waals surface area contributed by atoms with Crippen LogP contribution < -0.4 is 0 Å². The highest BCUT2D eigenvalue weighted by molar-refractivity contribution is 5.76. The fraction of sp³-hybridized carbons (Fsp3) is 0.588. The molecule has 2 aliphatic heterocycles. The van der Waals surface area contributed by atoms with Crippen LogP contribution >= 0.6 is 0 Å². The van der Waals surface area contributed by atoms with Crippen molar-refractivity contribution in [2.75, 3.05) is 13.2 Å². The largest absolute Gasteiger partial charge is 0.508 e. The zero-order valence-corrected chi connectivity index (χ0v) is 27.8. The van der Waals surface area contributed by atoms with E-state index >= 15 is 0 Å². The molecule has 2 saturated heterocycles. The summed E-state index contributed by atoms with van der Waals surface area (Å²) in [4.78, 5) is 26.2. The Balaban J connectivity index is 1.38. The molecule has 2 aliphatic rings. The molecule has 5 N–H and O–H groups in total. The van der Waals surface area contributed by atoms with Crippen molar-refractivity contribution in [3.8, 4) is 5.75 Å². The lowest BCUT2D eigenvalue weighted by molar-refractivity contribution is -0.317. The predicted molar refractivity (Wildman–Crippen MR) is 167 cm³/mol. The minimum Gasteiger partial charge on any atom is -0.508 e. The second kappa shape index (κ2) is 18.1. The summed E-state index contributed by atoms with van der Waals surface area (Å²) in [6.07, 6.45) is -15.9. The van der Waals surface area contributed by atoms with E-state index in [-0.39, 0.29) is 32.2 Å². The Morgan fingerprint density at radius 3 is 1.71 bits per heavy atom. The number of aromatic hydroxyl groups is 1. The molecule has 0 aromatic heterocycles. The first kappa shape index (κ1) is 38.6. The van der Waals surface area contributed by atoms with Crippen LogP contribution in [0.1, 0.15) is 38.8 Å². The number of hydrogen-bond donors (Lipinski definition) is 5. The summed E-state index contributed by atoms with van der Waals surface area (Å²) in [6.45, 7) is 5.86. The Morgan fingerprint density at radius 1 is 0.633 bits per heavy atom. The minimum absolute atomic E-state index is 0.0433. The van der Waals surface area contributed by atoms with E-state index in [4.69, 9.17) is 37.9 Å². The number of rotatable bonds is 15. The Hall–Kier alpha value is -3.22. The molecule has 15 heteroatoms. The molecule has 0 amide bonds. The maximum absolute atomic E-state index is 13.1. The summed E-state index contributed by atoms with van der Waals surface area (Å²) in [5.74, 6) is -1.71. The molecule has 2 aromatic carbocycles. The summed E-state index contributed by atoms with van der Waals surface area (Å²) in [7, 11) is 0. The van der Waals surface area contributed by atoms with E-state index in [1.54, 1.807) is 64.1 Å². The van der Waals surface area contributed by atoms with Crippen molar-refractivity contribution in [3.63, 3.8) is 0 Å². The van der Waals surface area contributed by atoms with E-state index in [0.717, 1.165) is 0 Å². The van der Waals surface area contributed by atoms with Gasteiger partial charge in [-0.05, 0) is 51.0 Å². The number of hydrogen-bond acceptors (Lipinski definition) is 15. The number of aliphatic hydroxyl groups is 4.